The molecule has 0 saturated carbocycles. The van der Waals surface area contributed by atoms with Gasteiger partial charge in [-0.1, -0.05) is 23.7 Å². The number of ketones is 1. The first kappa shape index (κ1) is 19.7. The SMILES string of the molecule is COc1ccccc1N1C(=O)C(=O)/C(=C(/O)c2ccc(Cl)cc2)C1c1ccncc1. The van der Waals surface area contributed by atoms with Gasteiger partial charge in [0.25, 0.3) is 11.7 Å². The van der Waals surface area contributed by atoms with Crippen LogP contribution in [-0.4, -0.2) is 28.9 Å². The normalized spacial score (nSPS) is 17.9. The number of ether oxygens (including phenoxy) is 1. The van der Waals surface area contributed by atoms with Gasteiger partial charge in [-0.2, -0.15) is 0 Å². The van der Waals surface area contributed by atoms with E-state index >= 15 is 0 Å². The summed E-state index contributed by atoms with van der Waals surface area (Å²) in [6.07, 6.45) is 3.14. The fraction of sp³-hybridized carbons (Fsp3) is 0.0870. The van der Waals surface area contributed by atoms with E-state index in [4.69, 9.17) is 16.3 Å². The van der Waals surface area contributed by atoms with Gasteiger partial charge in [-0.3, -0.25) is 19.5 Å². The largest absolute Gasteiger partial charge is 0.507 e. The predicted octanol–water partition coefficient (Wildman–Crippen LogP) is 4.37. The highest BCUT2D eigenvalue weighted by Gasteiger charge is 2.47. The quantitative estimate of drug-likeness (QED) is 0.385. The molecular weight excluding hydrogens is 404 g/mol. The molecule has 0 aliphatic carbocycles. The number of aliphatic hydroxyl groups is 1. The molecule has 1 unspecified atom stereocenters. The molecule has 0 radical (unpaired) electrons. The van der Waals surface area contributed by atoms with Gasteiger partial charge in [0.05, 0.1) is 24.4 Å². The molecule has 1 atom stereocenters. The van der Waals surface area contributed by atoms with Crippen molar-refractivity contribution in [2.75, 3.05) is 12.0 Å². The van der Waals surface area contributed by atoms with Gasteiger partial charge in [-0.15, -0.1) is 0 Å². The molecular formula is C23H17ClN2O4. The fourth-order valence-electron chi connectivity index (χ4n) is 3.53. The van der Waals surface area contributed by atoms with Crippen LogP contribution in [0, 0.1) is 0 Å². The third-order valence-electron chi connectivity index (χ3n) is 4.93. The molecule has 3 aromatic rings. The lowest BCUT2D eigenvalue weighted by atomic mass is 9.96. The van der Waals surface area contributed by atoms with E-state index in [1.807, 2.05) is 0 Å². The molecule has 1 amide bonds. The highest BCUT2D eigenvalue weighted by molar-refractivity contribution is 6.52. The lowest BCUT2D eigenvalue weighted by molar-refractivity contribution is -0.132. The Bertz CT molecular complexity index is 1140. The van der Waals surface area contributed by atoms with Gasteiger partial charge in [-0.25, -0.2) is 0 Å². The second-order valence-corrected chi connectivity index (χ2v) is 7.06. The minimum atomic E-state index is -0.847. The summed E-state index contributed by atoms with van der Waals surface area (Å²) in [7, 11) is 1.49. The highest BCUT2D eigenvalue weighted by Crippen LogP contribution is 2.44. The number of para-hydroxylation sites is 2. The van der Waals surface area contributed by atoms with Crippen molar-refractivity contribution in [1.82, 2.24) is 4.98 Å². The minimum absolute atomic E-state index is 0.0144. The van der Waals surface area contributed by atoms with Crippen LogP contribution in [-0.2, 0) is 9.59 Å². The van der Waals surface area contributed by atoms with Crippen LogP contribution < -0.4 is 9.64 Å². The summed E-state index contributed by atoms with van der Waals surface area (Å²) in [5.74, 6) is -1.37. The van der Waals surface area contributed by atoms with E-state index in [2.05, 4.69) is 4.98 Å². The monoisotopic (exact) mass is 420 g/mol. The van der Waals surface area contributed by atoms with Crippen molar-refractivity contribution < 1.29 is 19.4 Å². The molecule has 7 heteroatoms. The molecule has 2 aromatic carbocycles. The van der Waals surface area contributed by atoms with Crippen molar-refractivity contribution >= 4 is 34.7 Å². The van der Waals surface area contributed by atoms with Crippen molar-refractivity contribution in [3.8, 4) is 5.75 Å². The van der Waals surface area contributed by atoms with Gasteiger partial charge in [-0.05, 0) is 54.1 Å². The molecule has 6 nitrogen and oxygen atoms in total. The number of carbonyl (C=O) groups is 2. The number of methoxy groups -OCH3 is 1. The Morgan fingerprint density at radius 3 is 2.37 bits per heavy atom. The summed E-state index contributed by atoms with van der Waals surface area (Å²) in [6, 6.07) is 15.9. The van der Waals surface area contributed by atoms with Crippen LogP contribution in [0.2, 0.25) is 5.02 Å². The number of anilines is 1. The van der Waals surface area contributed by atoms with Crippen LogP contribution in [0.3, 0.4) is 0 Å². The Balaban J connectivity index is 1.96. The Kier molecular flexibility index (Phi) is 5.25. The summed E-state index contributed by atoms with van der Waals surface area (Å²) in [5.41, 5.74) is 1.43. The highest BCUT2D eigenvalue weighted by atomic mass is 35.5. The topological polar surface area (TPSA) is 79.7 Å². The number of halogens is 1. The van der Waals surface area contributed by atoms with E-state index in [0.29, 0.717) is 27.6 Å². The fourth-order valence-corrected chi connectivity index (χ4v) is 3.66. The molecule has 1 aliphatic rings. The lowest BCUT2D eigenvalue weighted by Gasteiger charge is -2.26. The van der Waals surface area contributed by atoms with E-state index in [1.54, 1.807) is 73.1 Å². The van der Waals surface area contributed by atoms with Crippen molar-refractivity contribution in [1.29, 1.82) is 0 Å². The third-order valence-corrected chi connectivity index (χ3v) is 5.18. The second kappa shape index (κ2) is 8.00. The number of Topliss-reactive ketones (excluding diaryl/α,β-unsaturated/α-hetero) is 1. The van der Waals surface area contributed by atoms with Gasteiger partial charge in [0.1, 0.15) is 11.5 Å². The van der Waals surface area contributed by atoms with Crippen LogP contribution in [0.5, 0.6) is 5.75 Å². The molecule has 30 heavy (non-hydrogen) atoms. The second-order valence-electron chi connectivity index (χ2n) is 6.63. The van der Waals surface area contributed by atoms with Crippen molar-refractivity contribution in [3.63, 3.8) is 0 Å². The molecule has 1 saturated heterocycles. The van der Waals surface area contributed by atoms with Gasteiger partial charge in [0.2, 0.25) is 0 Å². The van der Waals surface area contributed by atoms with E-state index in [1.165, 1.54) is 12.0 Å². The smallest absolute Gasteiger partial charge is 0.300 e. The molecule has 150 valence electrons. The number of rotatable bonds is 4. The molecule has 0 bridgehead atoms. The van der Waals surface area contributed by atoms with E-state index in [0.717, 1.165) is 0 Å². The average Bonchev–Trinajstić information content (AvgIpc) is 3.05. The molecule has 1 fully saturated rings. The number of aromatic nitrogens is 1. The van der Waals surface area contributed by atoms with Crippen molar-refractivity contribution in [2.24, 2.45) is 0 Å². The number of aliphatic hydroxyl groups excluding tert-OH is 1. The zero-order chi connectivity index (χ0) is 21.3. The average molecular weight is 421 g/mol. The van der Waals surface area contributed by atoms with E-state index in [-0.39, 0.29) is 11.3 Å². The summed E-state index contributed by atoms with van der Waals surface area (Å²) < 4.78 is 5.41. The first-order valence-electron chi connectivity index (χ1n) is 9.13. The summed E-state index contributed by atoms with van der Waals surface area (Å²) >= 11 is 5.94. The number of pyridine rings is 1. The maximum Gasteiger partial charge on any atom is 0.300 e. The summed E-state index contributed by atoms with van der Waals surface area (Å²) in [5, 5.41) is 11.5. The standard InChI is InChI=1S/C23H17ClN2O4/c1-30-18-5-3-2-4-17(18)26-20(14-10-12-25-13-11-14)19(22(28)23(26)29)21(27)15-6-8-16(24)9-7-15/h2-13,20,27H,1H3/b21-19+. The van der Waals surface area contributed by atoms with Crippen molar-refractivity contribution in [3.05, 3.63) is 94.8 Å². The molecule has 1 aromatic heterocycles. The Morgan fingerprint density at radius 1 is 1.03 bits per heavy atom. The maximum atomic E-state index is 13.1. The van der Waals surface area contributed by atoms with Crippen LogP contribution in [0.15, 0.2) is 78.6 Å². The predicted molar refractivity (Wildman–Crippen MR) is 113 cm³/mol. The van der Waals surface area contributed by atoms with Gasteiger partial charge in [0, 0.05) is 23.0 Å². The number of benzene rings is 2. The molecule has 4 rings (SSSR count). The first-order valence-corrected chi connectivity index (χ1v) is 9.50. The van der Waals surface area contributed by atoms with Crippen LogP contribution in [0.25, 0.3) is 5.76 Å². The molecule has 0 spiro atoms. The summed E-state index contributed by atoms with van der Waals surface area (Å²) in [6.45, 7) is 0. The van der Waals surface area contributed by atoms with Crippen LogP contribution in [0.1, 0.15) is 17.2 Å². The molecule has 2 heterocycles. The third kappa shape index (κ3) is 3.31. The van der Waals surface area contributed by atoms with E-state index in [9.17, 15) is 14.7 Å². The number of carbonyl (C=O) groups excluding carboxylic acids is 2. The van der Waals surface area contributed by atoms with Crippen LogP contribution >= 0.6 is 11.6 Å². The zero-order valence-corrected chi connectivity index (χ0v) is 16.7. The van der Waals surface area contributed by atoms with Crippen LogP contribution in [0.4, 0.5) is 5.69 Å². The summed E-state index contributed by atoms with van der Waals surface area (Å²) in [4.78, 5) is 31.5. The number of nitrogens with zero attached hydrogens (tertiary/aromatic N) is 2. The first-order chi connectivity index (χ1) is 14.5. The zero-order valence-electron chi connectivity index (χ0n) is 15.9. The molecule has 1 N–H and O–H groups in total. The van der Waals surface area contributed by atoms with Crippen molar-refractivity contribution in [2.45, 2.75) is 6.04 Å². The Hall–Kier alpha value is -3.64. The minimum Gasteiger partial charge on any atom is -0.507 e. The number of hydrogen-bond donors (Lipinski definition) is 1. The van der Waals surface area contributed by atoms with E-state index < -0.39 is 17.7 Å². The number of hydrogen-bond acceptors (Lipinski definition) is 5. The van der Waals surface area contributed by atoms with Gasteiger partial charge >= 0.3 is 0 Å². The van der Waals surface area contributed by atoms with Gasteiger partial charge < -0.3 is 9.84 Å². The van der Waals surface area contributed by atoms with Gasteiger partial charge in [0.15, 0.2) is 0 Å². The lowest BCUT2D eigenvalue weighted by Crippen LogP contribution is -2.29. The Morgan fingerprint density at radius 2 is 1.70 bits per heavy atom. The molecule has 1 aliphatic heterocycles. The maximum absolute atomic E-state index is 13.1. The number of amides is 1. The Labute approximate surface area is 178 Å².